The maximum absolute atomic E-state index is 12.4. The molecule has 1 heterocycles. The van der Waals surface area contributed by atoms with Crippen molar-refractivity contribution in [1.82, 2.24) is 10.0 Å². The molecule has 25 heavy (non-hydrogen) atoms. The van der Waals surface area contributed by atoms with Gasteiger partial charge in [0, 0.05) is 24.0 Å². The molecule has 0 unspecified atom stereocenters. The van der Waals surface area contributed by atoms with Crippen LogP contribution in [0.3, 0.4) is 0 Å². The minimum atomic E-state index is -4.40. The first-order valence-electron chi connectivity index (χ1n) is 7.71. The molecule has 1 saturated heterocycles. The van der Waals surface area contributed by atoms with E-state index < -0.39 is 15.5 Å². The van der Waals surface area contributed by atoms with Crippen LogP contribution in [-0.4, -0.2) is 47.3 Å². The quantitative estimate of drug-likeness (QED) is 0.691. The minimum Gasteiger partial charge on any atom is -0.384 e. The van der Waals surface area contributed by atoms with E-state index in [9.17, 15) is 21.6 Å². The Morgan fingerprint density at radius 1 is 1.24 bits per heavy atom. The van der Waals surface area contributed by atoms with Crippen LogP contribution in [0.5, 0.6) is 0 Å². The van der Waals surface area contributed by atoms with Gasteiger partial charge in [-0.15, -0.1) is 0 Å². The topological polar surface area (TPSA) is 67.4 Å². The van der Waals surface area contributed by atoms with Gasteiger partial charge >= 0.3 is 5.51 Å². The van der Waals surface area contributed by atoms with Crippen LogP contribution in [0.2, 0.25) is 0 Å². The van der Waals surface area contributed by atoms with Gasteiger partial charge in [0.1, 0.15) is 0 Å². The maximum Gasteiger partial charge on any atom is 0.446 e. The van der Waals surface area contributed by atoms with Crippen molar-refractivity contribution in [2.45, 2.75) is 28.1 Å². The summed E-state index contributed by atoms with van der Waals surface area (Å²) in [6.45, 7) is 2.24. The highest BCUT2D eigenvalue weighted by Crippen LogP contribution is 2.37. The van der Waals surface area contributed by atoms with Gasteiger partial charge in [-0.25, -0.2) is 13.1 Å². The summed E-state index contributed by atoms with van der Waals surface area (Å²) < 4.78 is 69.7. The second kappa shape index (κ2) is 8.26. The van der Waals surface area contributed by atoms with E-state index in [2.05, 4.69) is 10.0 Å². The molecule has 2 N–H and O–H groups in total. The SMILES string of the molecule is COCC1(CNS(=O)(=O)c2ccc(SC(F)(F)F)cc2)CCNCC1. The van der Waals surface area contributed by atoms with Crippen LogP contribution in [0.4, 0.5) is 13.2 Å². The Bertz CT molecular complexity index is 652. The van der Waals surface area contributed by atoms with Gasteiger partial charge in [0.15, 0.2) is 0 Å². The number of benzene rings is 1. The van der Waals surface area contributed by atoms with Crippen molar-refractivity contribution in [2.24, 2.45) is 5.41 Å². The average Bonchev–Trinajstić information content (AvgIpc) is 2.53. The number of hydrogen-bond donors (Lipinski definition) is 2. The van der Waals surface area contributed by atoms with Gasteiger partial charge in [-0.1, -0.05) is 0 Å². The van der Waals surface area contributed by atoms with Crippen LogP contribution in [-0.2, 0) is 14.8 Å². The number of rotatable bonds is 7. The fraction of sp³-hybridized carbons (Fsp3) is 0.600. The van der Waals surface area contributed by atoms with E-state index >= 15 is 0 Å². The normalized spacial score (nSPS) is 18.2. The van der Waals surface area contributed by atoms with E-state index in [1.54, 1.807) is 7.11 Å². The van der Waals surface area contributed by atoms with Crippen molar-refractivity contribution in [3.8, 4) is 0 Å². The predicted octanol–water partition coefficient (Wildman–Crippen LogP) is 2.59. The molecule has 1 aromatic carbocycles. The van der Waals surface area contributed by atoms with Crippen LogP contribution in [0, 0.1) is 5.41 Å². The van der Waals surface area contributed by atoms with Crippen molar-refractivity contribution in [1.29, 1.82) is 0 Å². The van der Waals surface area contributed by atoms with Crippen molar-refractivity contribution >= 4 is 21.8 Å². The number of hydrogen-bond acceptors (Lipinski definition) is 5. The first kappa shape index (κ1) is 20.5. The van der Waals surface area contributed by atoms with Gasteiger partial charge < -0.3 is 10.1 Å². The van der Waals surface area contributed by atoms with E-state index in [1.165, 1.54) is 12.1 Å². The largest absolute Gasteiger partial charge is 0.446 e. The number of nitrogens with one attached hydrogen (secondary N) is 2. The minimum absolute atomic E-state index is 0.0549. The van der Waals surface area contributed by atoms with Gasteiger partial charge in [-0.05, 0) is 62.0 Å². The molecule has 2 rings (SSSR count). The number of piperidine rings is 1. The summed E-state index contributed by atoms with van der Waals surface area (Å²) in [4.78, 5) is -0.110. The lowest BCUT2D eigenvalue weighted by Gasteiger charge is -2.37. The molecule has 1 aromatic rings. The number of alkyl halides is 3. The Morgan fingerprint density at radius 3 is 2.36 bits per heavy atom. The van der Waals surface area contributed by atoms with Gasteiger partial charge in [-0.2, -0.15) is 13.2 Å². The van der Waals surface area contributed by atoms with Gasteiger partial charge in [0.05, 0.1) is 11.5 Å². The molecule has 5 nitrogen and oxygen atoms in total. The lowest BCUT2D eigenvalue weighted by Crippen LogP contribution is -2.47. The maximum atomic E-state index is 12.4. The summed E-state index contributed by atoms with van der Waals surface area (Å²) >= 11 is -0.277. The van der Waals surface area contributed by atoms with Crippen LogP contribution >= 0.6 is 11.8 Å². The third kappa shape index (κ3) is 6.14. The van der Waals surface area contributed by atoms with Crippen molar-refractivity contribution in [2.75, 3.05) is 33.4 Å². The molecule has 0 aliphatic carbocycles. The Hall–Kier alpha value is -0.810. The smallest absolute Gasteiger partial charge is 0.384 e. The standard InChI is InChI=1S/C15H21F3N2O3S2/c1-23-11-14(6-8-19-9-7-14)10-20-25(21,22)13-4-2-12(3-5-13)24-15(16,17)18/h2-5,19-20H,6-11H2,1H3. The molecular weight excluding hydrogens is 377 g/mol. The third-order valence-corrected chi connectivity index (χ3v) is 6.28. The van der Waals surface area contributed by atoms with Crippen LogP contribution in [0.1, 0.15) is 12.8 Å². The number of halogens is 3. The summed E-state index contributed by atoms with van der Waals surface area (Å²) in [5.74, 6) is 0. The molecule has 0 spiro atoms. The number of methoxy groups -OCH3 is 1. The number of sulfonamides is 1. The zero-order chi connectivity index (χ0) is 18.6. The number of ether oxygens (including phenoxy) is 1. The van der Waals surface area contributed by atoms with E-state index in [-0.39, 0.29) is 33.5 Å². The van der Waals surface area contributed by atoms with Gasteiger partial charge in [0.25, 0.3) is 0 Å². The molecular formula is C15H21F3N2O3S2. The fourth-order valence-corrected chi connectivity index (χ4v) is 4.48. The highest BCUT2D eigenvalue weighted by atomic mass is 32.2. The predicted molar refractivity (Wildman–Crippen MR) is 90.0 cm³/mol. The van der Waals surface area contributed by atoms with E-state index in [0.717, 1.165) is 38.1 Å². The van der Waals surface area contributed by atoms with E-state index in [4.69, 9.17) is 4.74 Å². The zero-order valence-electron chi connectivity index (χ0n) is 13.7. The molecule has 0 radical (unpaired) electrons. The Labute approximate surface area is 149 Å². The Balaban J connectivity index is 2.05. The molecule has 1 aliphatic rings. The van der Waals surface area contributed by atoms with Gasteiger partial charge in [0.2, 0.25) is 10.0 Å². The molecule has 10 heteroatoms. The Kier molecular flexibility index (Phi) is 6.77. The number of thioether (sulfide) groups is 1. The highest BCUT2D eigenvalue weighted by Gasteiger charge is 2.34. The highest BCUT2D eigenvalue weighted by molar-refractivity contribution is 8.00. The molecule has 0 bridgehead atoms. The van der Waals surface area contributed by atoms with Crippen molar-refractivity contribution < 1.29 is 26.3 Å². The molecule has 0 aromatic heterocycles. The Morgan fingerprint density at radius 2 is 1.84 bits per heavy atom. The molecule has 0 amide bonds. The summed E-state index contributed by atoms with van der Waals surface area (Å²) in [6.07, 6.45) is 1.56. The van der Waals surface area contributed by atoms with Crippen LogP contribution in [0.15, 0.2) is 34.1 Å². The molecule has 0 saturated carbocycles. The summed E-state index contributed by atoms with van der Waals surface area (Å²) in [6, 6.07) is 4.67. The van der Waals surface area contributed by atoms with Crippen molar-refractivity contribution in [3.63, 3.8) is 0 Å². The zero-order valence-corrected chi connectivity index (χ0v) is 15.4. The van der Waals surface area contributed by atoms with Crippen LogP contribution in [0.25, 0.3) is 0 Å². The van der Waals surface area contributed by atoms with Crippen molar-refractivity contribution in [3.05, 3.63) is 24.3 Å². The summed E-state index contributed by atoms with van der Waals surface area (Å²) in [5.41, 5.74) is -4.68. The summed E-state index contributed by atoms with van der Waals surface area (Å²) in [5, 5.41) is 3.22. The second-order valence-corrected chi connectivity index (χ2v) is 8.93. The van der Waals surface area contributed by atoms with E-state index in [1.807, 2.05) is 0 Å². The lowest BCUT2D eigenvalue weighted by molar-refractivity contribution is -0.0328. The third-order valence-electron chi connectivity index (χ3n) is 4.12. The lowest BCUT2D eigenvalue weighted by atomic mass is 9.80. The van der Waals surface area contributed by atoms with E-state index in [0.29, 0.717) is 6.61 Å². The second-order valence-electron chi connectivity index (χ2n) is 6.03. The molecule has 0 atom stereocenters. The summed E-state index contributed by atoms with van der Waals surface area (Å²) in [7, 11) is -2.21. The molecule has 1 fully saturated rings. The molecule has 142 valence electrons. The monoisotopic (exact) mass is 398 g/mol. The average molecular weight is 398 g/mol. The van der Waals surface area contributed by atoms with Crippen LogP contribution < -0.4 is 10.0 Å². The molecule has 1 aliphatic heterocycles. The fourth-order valence-electron chi connectivity index (χ4n) is 2.79. The first-order valence-corrected chi connectivity index (χ1v) is 10.0. The van der Waals surface area contributed by atoms with Gasteiger partial charge in [-0.3, -0.25) is 0 Å². The first-order chi connectivity index (χ1) is 11.7.